The summed E-state index contributed by atoms with van der Waals surface area (Å²) < 4.78 is 67.9. The van der Waals surface area contributed by atoms with Crippen LogP contribution in [-0.4, -0.2) is 11.9 Å². The van der Waals surface area contributed by atoms with Gasteiger partial charge in [-0.25, -0.2) is 37.3 Å². The van der Waals surface area contributed by atoms with Crippen LogP contribution < -0.4 is 47.5 Å². The van der Waals surface area contributed by atoms with Crippen LogP contribution in [0.25, 0.3) is 30.8 Å². The van der Waals surface area contributed by atoms with Gasteiger partial charge in [-0.3, -0.25) is 0 Å². The summed E-state index contributed by atoms with van der Waals surface area (Å²) in [6.07, 6.45) is 0. The molecule has 17 nitrogen and oxygen atoms in total. The molecule has 0 bridgehead atoms. The van der Waals surface area contributed by atoms with Crippen LogP contribution in [0.3, 0.4) is 0 Å². The number of carboxylic acid groups (broad SMARTS) is 2. The van der Waals surface area contributed by atoms with Crippen LogP contribution in [0.2, 0.25) is 0 Å². The number of aliphatic carboxylic acids is 2. The van der Waals surface area contributed by atoms with Crippen molar-refractivity contribution >= 4 is 11.9 Å². The van der Waals surface area contributed by atoms with Crippen molar-refractivity contribution in [1.82, 2.24) is 0 Å². The molecule has 0 saturated carbocycles. The summed E-state index contributed by atoms with van der Waals surface area (Å²) in [5.74, 6) is -4.37. The molecule has 0 aliphatic rings. The Morgan fingerprint density at radius 1 is 0.545 bits per heavy atom. The quantitative estimate of drug-likeness (QED) is 0.325. The van der Waals surface area contributed by atoms with Crippen LogP contribution >= 0.6 is 0 Å². The van der Waals surface area contributed by atoms with Gasteiger partial charge in [0.1, 0.15) is 0 Å². The Bertz CT molecular complexity index is 202. The molecule has 144 valence electrons. The molecule has 0 aromatic rings. The van der Waals surface area contributed by atoms with E-state index in [1.807, 2.05) is 0 Å². The number of halogens is 2. The minimum absolute atomic E-state index is 0. The molecule has 0 fully saturated rings. The van der Waals surface area contributed by atoms with Crippen LogP contribution in [0.1, 0.15) is 1.43 Å². The Morgan fingerprint density at radius 2 is 0.591 bits per heavy atom. The molecule has 0 heterocycles. The fourth-order valence-corrected chi connectivity index (χ4v) is 0. The van der Waals surface area contributed by atoms with Gasteiger partial charge in [0.25, 0.3) is 0 Å². The Morgan fingerprint density at radius 3 is 0.591 bits per heavy atom. The van der Waals surface area contributed by atoms with E-state index < -0.39 is 32.4 Å². The molecular weight excluding hydrogens is 416 g/mol. The second kappa shape index (κ2) is 25.5. The van der Waals surface area contributed by atoms with E-state index in [4.69, 9.17) is 57.1 Å². The first kappa shape index (κ1) is 57.8. The molecule has 0 amide bonds. The summed E-state index contributed by atoms with van der Waals surface area (Å²) in [5.41, 5.74) is 0. The maximum Gasteiger partial charge on any atom is 3.00 e. The SMILES string of the molecule is O=C([O-])C(=O)[O-].[Co+3].[H+].[NH2-].[NH2-].[NH2-].[NH2-].[NH2-].[O-][Cl+3]([O-])([O-])[O-].[O-][Cl+3]([O-])([O-])[O-]. The first-order valence-corrected chi connectivity index (χ1v) is 4.77. The Balaban J connectivity index is -0.0000000120. The van der Waals surface area contributed by atoms with Gasteiger partial charge in [0, 0.05) is 0 Å². The zero-order valence-corrected chi connectivity index (χ0v) is 12.4. The van der Waals surface area contributed by atoms with Crippen molar-refractivity contribution in [2.75, 3.05) is 0 Å². The van der Waals surface area contributed by atoms with Gasteiger partial charge in [0.15, 0.2) is 0 Å². The van der Waals surface area contributed by atoms with Crippen molar-refractivity contribution < 1.29 is 95.8 Å². The molecule has 0 aromatic carbocycles. The van der Waals surface area contributed by atoms with Crippen LogP contribution in [0.4, 0.5) is 0 Å². The third-order valence-corrected chi connectivity index (χ3v) is 0.167. The molecule has 0 atom stereocenters. The molecule has 0 rings (SSSR count). The summed E-state index contributed by atoms with van der Waals surface area (Å²) in [4.78, 5) is 17.9. The van der Waals surface area contributed by atoms with E-state index in [-0.39, 0.29) is 49.0 Å². The Hall–Kier alpha value is -0.494. The summed E-state index contributed by atoms with van der Waals surface area (Å²) >= 11 is 0. The molecule has 0 unspecified atom stereocenters. The van der Waals surface area contributed by atoms with E-state index in [2.05, 4.69) is 0 Å². The van der Waals surface area contributed by atoms with Gasteiger partial charge in [0.05, 0.1) is 11.9 Å². The predicted molar refractivity (Wildman–Crippen MR) is 37.5 cm³/mol. The predicted octanol–water partition coefficient (Wildman–Crippen LogP) is -9.33. The smallest absolute Gasteiger partial charge is 0.693 e. The normalized spacial score (nSPS) is 7.45. The van der Waals surface area contributed by atoms with E-state index in [1.165, 1.54) is 0 Å². The van der Waals surface area contributed by atoms with Gasteiger partial charge in [-0.15, -0.1) is 20.5 Å². The molecule has 0 aliphatic carbocycles. The maximum absolute atomic E-state index is 8.93. The number of carbonyl (C=O) groups is 2. The third kappa shape index (κ3) is 543. The second-order valence-electron chi connectivity index (χ2n) is 1.33. The van der Waals surface area contributed by atoms with Crippen LogP contribution in [0, 0.1) is 20.5 Å². The van der Waals surface area contributed by atoms with Crippen molar-refractivity contribution in [3.63, 3.8) is 0 Å². The molecule has 20 heteroatoms. The van der Waals surface area contributed by atoms with E-state index in [1.54, 1.807) is 0 Å². The number of carboxylic acids is 2. The van der Waals surface area contributed by atoms with Crippen molar-refractivity contribution in [2.24, 2.45) is 0 Å². The van der Waals surface area contributed by atoms with Gasteiger partial charge in [-0.2, -0.15) is 0 Å². The van der Waals surface area contributed by atoms with Crippen molar-refractivity contribution in [2.45, 2.75) is 0 Å². The minimum Gasteiger partial charge on any atom is -0.693 e. The van der Waals surface area contributed by atoms with Crippen molar-refractivity contribution in [1.29, 1.82) is 0 Å². The van der Waals surface area contributed by atoms with Gasteiger partial charge < -0.3 is 50.6 Å². The van der Waals surface area contributed by atoms with E-state index in [9.17, 15) is 0 Å². The molecule has 0 radical (unpaired) electrons. The summed E-state index contributed by atoms with van der Waals surface area (Å²) in [6.45, 7) is 0. The van der Waals surface area contributed by atoms with E-state index in [0.717, 1.165) is 0 Å². The molecule has 22 heavy (non-hydrogen) atoms. The maximum atomic E-state index is 8.93. The monoisotopic (exact) mass is 426 g/mol. The van der Waals surface area contributed by atoms with Gasteiger partial charge in [0.2, 0.25) is 0 Å². The zero-order valence-electron chi connectivity index (χ0n) is 10.9. The number of rotatable bonds is 0. The Labute approximate surface area is 139 Å². The third-order valence-electron chi connectivity index (χ3n) is 0.167. The van der Waals surface area contributed by atoms with E-state index in [0.29, 0.717) is 0 Å². The van der Waals surface area contributed by atoms with Crippen LogP contribution in [-0.2, 0) is 26.4 Å². The number of hydrogen-bond donors (Lipinski definition) is 0. The zero-order chi connectivity index (χ0) is 14.2. The molecule has 10 N–H and O–H groups in total. The fraction of sp³-hybridized carbons (Fsp3) is 0. The van der Waals surface area contributed by atoms with Gasteiger partial charge in [-0.1, -0.05) is 0 Å². The van der Waals surface area contributed by atoms with Crippen molar-refractivity contribution in [3.8, 4) is 0 Å². The van der Waals surface area contributed by atoms with Crippen LogP contribution in [0.5, 0.6) is 0 Å². The molecular formula is C2H11Cl2CoN5O12-5. The molecule has 0 aliphatic heterocycles. The summed E-state index contributed by atoms with van der Waals surface area (Å²) in [6, 6.07) is 0. The Kier molecular flexibility index (Phi) is 66.9. The number of carbonyl (C=O) groups excluding carboxylic acids is 2. The minimum atomic E-state index is -4.94. The second-order valence-corrected chi connectivity index (χ2v) is 2.84. The van der Waals surface area contributed by atoms with Gasteiger partial charge >= 0.3 is 18.2 Å². The van der Waals surface area contributed by atoms with Crippen molar-refractivity contribution in [3.05, 3.63) is 30.8 Å². The fourth-order valence-electron chi connectivity index (χ4n) is 0. The average molecular weight is 427 g/mol. The molecule has 0 saturated heterocycles. The van der Waals surface area contributed by atoms with E-state index >= 15 is 0 Å². The first-order chi connectivity index (χ1) is 6.64. The summed E-state index contributed by atoms with van der Waals surface area (Å²) in [5, 5.41) is 17.9. The number of nitrogens with two attached hydrogens (primary N) is 5. The molecule has 0 spiro atoms. The molecule has 0 aromatic heterocycles. The summed E-state index contributed by atoms with van der Waals surface area (Å²) in [7, 11) is -9.89. The standard InChI is InChI=1S/C2H2O4.2ClHO4.Co.5H2N/c3-1(4)2(5)6;2*2-1(3,4)5;;;;;;/h(H,3,4)(H,5,6);2*(H,2,3,4,5);;5*1H2/q;;;+3;5*-1/p-3. The number of hydrogen-bond acceptors (Lipinski definition) is 12. The first-order valence-electron chi connectivity index (χ1n) is 2.30. The van der Waals surface area contributed by atoms with Gasteiger partial charge in [-0.05, 0) is 0 Å². The topological polar surface area (TPSA) is 432 Å². The largest absolute Gasteiger partial charge is 3.00 e. The average Bonchev–Trinajstić information content (AvgIpc) is 1.77. The van der Waals surface area contributed by atoms with Crippen LogP contribution in [0.15, 0.2) is 0 Å².